The molecule has 1 aliphatic rings. The maximum atomic E-state index is 9.19. The standard InChI is InChI=1S/C11H14ClN5O/c12-11-15-9(13)8-10(16-11)17(5-14-8)7-2-1-6(3-7)4-18/h5-7,18H,1-4H2,(H2,13,15,16)/t6?,7-/m0/s1. The maximum Gasteiger partial charge on any atom is 0.226 e. The van der Waals surface area contributed by atoms with E-state index in [2.05, 4.69) is 15.0 Å². The molecule has 0 saturated heterocycles. The number of rotatable bonds is 2. The van der Waals surface area contributed by atoms with Gasteiger partial charge in [0, 0.05) is 12.6 Å². The summed E-state index contributed by atoms with van der Waals surface area (Å²) in [5.41, 5.74) is 7.04. The zero-order chi connectivity index (χ0) is 12.7. The molecule has 0 spiro atoms. The van der Waals surface area contributed by atoms with Crippen molar-refractivity contribution >= 4 is 28.6 Å². The van der Waals surface area contributed by atoms with E-state index in [1.807, 2.05) is 4.57 Å². The van der Waals surface area contributed by atoms with Gasteiger partial charge in [0.05, 0.1) is 6.33 Å². The summed E-state index contributed by atoms with van der Waals surface area (Å²) in [5, 5.41) is 9.33. The van der Waals surface area contributed by atoms with Crippen LogP contribution in [0.15, 0.2) is 6.33 Å². The molecule has 7 heteroatoms. The number of aromatic nitrogens is 4. The average Bonchev–Trinajstić information content (AvgIpc) is 2.93. The summed E-state index contributed by atoms with van der Waals surface area (Å²) in [6.07, 6.45) is 4.70. The number of nitrogens with two attached hydrogens (primary N) is 1. The third kappa shape index (κ3) is 1.81. The van der Waals surface area contributed by atoms with Crippen LogP contribution in [0.25, 0.3) is 11.2 Å². The van der Waals surface area contributed by atoms with E-state index >= 15 is 0 Å². The summed E-state index contributed by atoms with van der Waals surface area (Å²) in [6.45, 7) is 0.237. The number of nitrogens with zero attached hydrogens (tertiary/aromatic N) is 4. The monoisotopic (exact) mass is 267 g/mol. The Bertz CT molecular complexity index is 584. The number of anilines is 1. The summed E-state index contributed by atoms with van der Waals surface area (Å²) in [6, 6.07) is 0.303. The van der Waals surface area contributed by atoms with Gasteiger partial charge in [-0.1, -0.05) is 0 Å². The third-order valence-corrected chi connectivity index (χ3v) is 3.76. The van der Waals surface area contributed by atoms with Crippen molar-refractivity contribution in [1.29, 1.82) is 0 Å². The van der Waals surface area contributed by atoms with Crippen molar-refractivity contribution in [3.8, 4) is 0 Å². The number of halogens is 1. The largest absolute Gasteiger partial charge is 0.396 e. The molecule has 0 amide bonds. The van der Waals surface area contributed by atoms with Crippen molar-refractivity contribution in [2.75, 3.05) is 12.3 Å². The summed E-state index contributed by atoms with van der Waals surface area (Å²) in [4.78, 5) is 12.3. The normalized spacial score (nSPS) is 23.9. The second-order valence-corrected chi connectivity index (χ2v) is 5.06. The number of hydrogen-bond acceptors (Lipinski definition) is 5. The molecule has 1 saturated carbocycles. The predicted octanol–water partition coefficient (Wildman–Crippen LogP) is 1.40. The first-order chi connectivity index (χ1) is 8.69. The van der Waals surface area contributed by atoms with E-state index in [0.717, 1.165) is 19.3 Å². The smallest absolute Gasteiger partial charge is 0.226 e. The fourth-order valence-electron chi connectivity index (χ4n) is 2.64. The van der Waals surface area contributed by atoms with Crippen molar-refractivity contribution in [3.05, 3.63) is 11.6 Å². The van der Waals surface area contributed by atoms with E-state index < -0.39 is 0 Å². The summed E-state index contributed by atoms with van der Waals surface area (Å²) < 4.78 is 1.99. The van der Waals surface area contributed by atoms with Crippen LogP contribution in [0.4, 0.5) is 5.82 Å². The molecule has 2 heterocycles. The van der Waals surface area contributed by atoms with E-state index in [4.69, 9.17) is 17.3 Å². The summed E-state index contributed by atoms with van der Waals surface area (Å²) in [5.74, 6) is 0.669. The Morgan fingerprint density at radius 3 is 3.00 bits per heavy atom. The van der Waals surface area contributed by atoms with Crippen LogP contribution in [-0.4, -0.2) is 31.2 Å². The minimum Gasteiger partial charge on any atom is -0.396 e. The van der Waals surface area contributed by atoms with Gasteiger partial charge in [0.25, 0.3) is 0 Å². The van der Waals surface area contributed by atoms with E-state index in [1.165, 1.54) is 0 Å². The molecule has 0 radical (unpaired) electrons. The van der Waals surface area contributed by atoms with Crippen LogP contribution in [0.2, 0.25) is 5.28 Å². The first-order valence-corrected chi connectivity index (χ1v) is 6.33. The van der Waals surface area contributed by atoms with E-state index in [0.29, 0.717) is 28.9 Å². The first kappa shape index (κ1) is 11.7. The average molecular weight is 268 g/mol. The highest BCUT2D eigenvalue weighted by Crippen LogP contribution is 2.36. The lowest BCUT2D eigenvalue weighted by Crippen LogP contribution is -2.07. The van der Waals surface area contributed by atoms with Gasteiger partial charge in [0.2, 0.25) is 5.28 Å². The first-order valence-electron chi connectivity index (χ1n) is 5.95. The molecule has 1 unspecified atom stereocenters. The fourth-order valence-corrected chi connectivity index (χ4v) is 2.82. The van der Waals surface area contributed by atoms with Crippen molar-refractivity contribution in [3.63, 3.8) is 0 Å². The molecule has 2 aromatic heterocycles. The molecule has 0 bridgehead atoms. The van der Waals surface area contributed by atoms with Gasteiger partial charge >= 0.3 is 0 Å². The second kappa shape index (κ2) is 4.37. The van der Waals surface area contributed by atoms with Gasteiger partial charge in [-0.15, -0.1) is 0 Å². The SMILES string of the molecule is Nc1nc(Cl)nc2c1ncn2[C@H]1CCC(CO)C1. The molecule has 0 aliphatic heterocycles. The molecular formula is C11H14ClN5O. The Morgan fingerprint density at radius 2 is 2.28 bits per heavy atom. The topological polar surface area (TPSA) is 89.9 Å². The lowest BCUT2D eigenvalue weighted by Gasteiger charge is -2.12. The molecule has 2 atom stereocenters. The number of hydrogen-bond donors (Lipinski definition) is 2. The van der Waals surface area contributed by atoms with E-state index in [-0.39, 0.29) is 11.9 Å². The Hall–Kier alpha value is -1.40. The highest BCUT2D eigenvalue weighted by molar-refractivity contribution is 6.28. The quantitative estimate of drug-likeness (QED) is 0.803. The highest BCUT2D eigenvalue weighted by Gasteiger charge is 2.27. The minimum absolute atomic E-state index is 0.137. The molecule has 1 fully saturated rings. The van der Waals surface area contributed by atoms with Crippen molar-refractivity contribution in [2.24, 2.45) is 5.92 Å². The Morgan fingerprint density at radius 1 is 1.44 bits per heavy atom. The van der Waals surface area contributed by atoms with Crippen LogP contribution >= 0.6 is 11.6 Å². The molecule has 3 N–H and O–H groups in total. The molecule has 2 aromatic rings. The molecule has 6 nitrogen and oxygen atoms in total. The van der Waals surface area contributed by atoms with Gasteiger partial charge in [0.15, 0.2) is 11.5 Å². The van der Waals surface area contributed by atoms with Crippen LogP contribution in [-0.2, 0) is 0 Å². The minimum atomic E-state index is 0.137. The van der Waals surface area contributed by atoms with Crippen LogP contribution in [0.3, 0.4) is 0 Å². The molecule has 96 valence electrons. The van der Waals surface area contributed by atoms with Crippen molar-refractivity contribution in [1.82, 2.24) is 19.5 Å². The lowest BCUT2D eigenvalue weighted by atomic mass is 10.1. The van der Waals surface area contributed by atoms with Crippen molar-refractivity contribution in [2.45, 2.75) is 25.3 Å². The molecule has 1 aliphatic carbocycles. The van der Waals surface area contributed by atoms with Gasteiger partial charge in [-0.2, -0.15) is 9.97 Å². The third-order valence-electron chi connectivity index (χ3n) is 3.59. The predicted molar refractivity (Wildman–Crippen MR) is 68.2 cm³/mol. The second-order valence-electron chi connectivity index (χ2n) is 4.72. The van der Waals surface area contributed by atoms with Gasteiger partial charge in [-0.05, 0) is 36.8 Å². The summed E-state index contributed by atoms with van der Waals surface area (Å²) >= 11 is 5.83. The molecular weight excluding hydrogens is 254 g/mol. The number of nitrogen functional groups attached to an aromatic ring is 1. The number of aliphatic hydroxyl groups excluding tert-OH is 1. The van der Waals surface area contributed by atoms with Gasteiger partial charge in [-0.25, -0.2) is 4.98 Å². The Balaban J connectivity index is 2.03. The van der Waals surface area contributed by atoms with E-state index in [9.17, 15) is 5.11 Å². The van der Waals surface area contributed by atoms with Crippen LogP contribution < -0.4 is 5.73 Å². The van der Waals surface area contributed by atoms with Crippen molar-refractivity contribution < 1.29 is 5.11 Å². The maximum absolute atomic E-state index is 9.19. The van der Waals surface area contributed by atoms with Gasteiger partial charge in [0.1, 0.15) is 5.52 Å². The lowest BCUT2D eigenvalue weighted by molar-refractivity contribution is 0.226. The van der Waals surface area contributed by atoms with E-state index in [1.54, 1.807) is 6.33 Å². The van der Waals surface area contributed by atoms with Gasteiger partial charge < -0.3 is 15.4 Å². The highest BCUT2D eigenvalue weighted by atomic mass is 35.5. The molecule has 0 aromatic carbocycles. The Kier molecular flexibility index (Phi) is 2.83. The van der Waals surface area contributed by atoms with Gasteiger partial charge in [-0.3, -0.25) is 0 Å². The number of aliphatic hydroxyl groups is 1. The Labute approximate surface area is 109 Å². The number of imidazole rings is 1. The van der Waals surface area contributed by atoms with Crippen LogP contribution in [0.5, 0.6) is 0 Å². The molecule has 3 rings (SSSR count). The van der Waals surface area contributed by atoms with Crippen LogP contribution in [0, 0.1) is 5.92 Å². The number of fused-ring (bicyclic) bond motifs is 1. The molecule has 18 heavy (non-hydrogen) atoms. The zero-order valence-electron chi connectivity index (χ0n) is 9.75. The fraction of sp³-hybridized carbons (Fsp3) is 0.545. The summed E-state index contributed by atoms with van der Waals surface area (Å²) in [7, 11) is 0. The van der Waals surface area contributed by atoms with Crippen LogP contribution in [0.1, 0.15) is 25.3 Å². The zero-order valence-corrected chi connectivity index (χ0v) is 10.5.